The first-order valence-corrected chi connectivity index (χ1v) is 9.26. The second-order valence-electron chi connectivity index (χ2n) is 6.54. The van der Waals surface area contributed by atoms with Gasteiger partial charge >= 0.3 is 0 Å². The lowest BCUT2D eigenvalue weighted by Gasteiger charge is -2.14. The number of hydrogen-bond donors (Lipinski definition) is 3. The molecule has 0 saturated carbocycles. The van der Waals surface area contributed by atoms with Gasteiger partial charge in [0.2, 0.25) is 0 Å². The molecule has 0 aliphatic heterocycles. The SMILES string of the molecule is CCc1cccc(CNCC(O)CNC(=O)c2ccnc3ccccc23)c1. The van der Waals surface area contributed by atoms with Gasteiger partial charge in [-0.25, -0.2) is 0 Å². The third-order valence-electron chi connectivity index (χ3n) is 4.50. The molecule has 0 aliphatic rings. The van der Waals surface area contributed by atoms with Crippen LogP contribution in [-0.4, -0.2) is 35.2 Å². The van der Waals surface area contributed by atoms with Crippen LogP contribution in [0, 0.1) is 0 Å². The smallest absolute Gasteiger partial charge is 0.252 e. The number of fused-ring (bicyclic) bond motifs is 1. The van der Waals surface area contributed by atoms with Crippen LogP contribution in [-0.2, 0) is 13.0 Å². The van der Waals surface area contributed by atoms with Gasteiger partial charge in [-0.1, -0.05) is 49.4 Å². The van der Waals surface area contributed by atoms with Crippen LogP contribution in [0.5, 0.6) is 0 Å². The Labute approximate surface area is 159 Å². The average molecular weight is 363 g/mol. The number of benzene rings is 2. The number of carbonyl (C=O) groups excluding carboxylic acids is 1. The van der Waals surface area contributed by atoms with Crippen molar-refractivity contribution in [1.82, 2.24) is 15.6 Å². The standard InChI is InChI=1S/C22H25N3O2/c1-2-16-6-5-7-17(12-16)13-23-14-18(26)15-25-22(27)20-10-11-24-21-9-4-3-8-19(20)21/h3-12,18,23,26H,2,13-15H2,1H3,(H,25,27). The highest BCUT2D eigenvalue weighted by Crippen LogP contribution is 2.15. The van der Waals surface area contributed by atoms with Crippen LogP contribution in [0.15, 0.2) is 60.8 Å². The van der Waals surface area contributed by atoms with E-state index in [4.69, 9.17) is 0 Å². The van der Waals surface area contributed by atoms with Gasteiger partial charge in [0.25, 0.3) is 5.91 Å². The molecule has 3 rings (SSSR count). The van der Waals surface area contributed by atoms with Crippen LogP contribution in [0.1, 0.15) is 28.4 Å². The molecule has 0 bridgehead atoms. The molecular formula is C22H25N3O2. The Hall–Kier alpha value is -2.76. The van der Waals surface area contributed by atoms with Crippen LogP contribution in [0.3, 0.4) is 0 Å². The predicted molar refractivity (Wildman–Crippen MR) is 108 cm³/mol. The van der Waals surface area contributed by atoms with Gasteiger partial charge < -0.3 is 15.7 Å². The number of carbonyl (C=O) groups is 1. The minimum Gasteiger partial charge on any atom is -0.390 e. The molecule has 0 radical (unpaired) electrons. The fourth-order valence-corrected chi connectivity index (χ4v) is 3.01. The van der Waals surface area contributed by atoms with Crippen molar-refractivity contribution >= 4 is 16.8 Å². The maximum atomic E-state index is 12.5. The number of amides is 1. The van der Waals surface area contributed by atoms with E-state index in [-0.39, 0.29) is 12.5 Å². The Morgan fingerprint density at radius 2 is 1.89 bits per heavy atom. The summed E-state index contributed by atoms with van der Waals surface area (Å²) in [6.45, 7) is 3.42. The van der Waals surface area contributed by atoms with Gasteiger partial charge in [0.1, 0.15) is 0 Å². The summed E-state index contributed by atoms with van der Waals surface area (Å²) in [4.78, 5) is 16.7. The molecule has 2 aromatic carbocycles. The highest BCUT2D eigenvalue weighted by Gasteiger charge is 2.12. The Bertz CT molecular complexity index is 905. The molecule has 3 aromatic rings. The number of rotatable bonds is 8. The Morgan fingerprint density at radius 1 is 1.07 bits per heavy atom. The fourth-order valence-electron chi connectivity index (χ4n) is 3.01. The molecule has 0 spiro atoms. The van der Waals surface area contributed by atoms with Crippen LogP contribution in [0.25, 0.3) is 10.9 Å². The van der Waals surface area contributed by atoms with E-state index in [0.717, 1.165) is 17.3 Å². The second-order valence-corrected chi connectivity index (χ2v) is 6.54. The minimum absolute atomic E-state index is 0.192. The molecule has 1 atom stereocenters. The lowest BCUT2D eigenvalue weighted by molar-refractivity contribution is 0.0917. The quantitative estimate of drug-likeness (QED) is 0.575. The van der Waals surface area contributed by atoms with Crippen LogP contribution in [0.4, 0.5) is 0 Å². The summed E-state index contributed by atoms with van der Waals surface area (Å²) in [5, 5.41) is 17.0. The number of aryl methyl sites for hydroxylation is 1. The highest BCUT2D eigenvalue weighted by molar-refractivity contribution is 6.05. The summed E-state index contributed by atoms with van der Waals surface area (Å²) in [5.41, 5.74) is 3.83. The van der Waals surface area contributed by atoms with Crippen molar-refractivity contribution in [3.8, 4) is 0 Å². The number of aromatic nitrogens is 1. The number of para-hydroxylation sites is 1. The molecule has 5 nitrogen and oxygen atoms in total. The summed E-state index contributed by atoms with van der Waals surface area (Å²) in [6, 6.07) is 17.6. The second kappa shape index (κ2) is 9.26. The molecule has 0 fully saturated rings. The number of aliphatic hydroxyl groups excluding tert-OH is 1. The van der Waals surface area contributed by atoms with Crippen molar-refractivity contribution in [3.05, 3.63) is 77.5 Å². The van der Waals surface area contributed by atoms with Gasteiger partial charge in [-0.2, -0.15) is 0 Å². The van der Waals surface area contributed by atoms with Crippen molar-refractivity contribution < 1.29 is 9.90 Å². The first-order valence-electron chi connectivity index (χ1n) is 9.26. The molecule has 1 heterocycles. The van der Waals surface area contributed by atoms with E-state index in [9.17, 15) is 9.90 Å². The normalized spacial score (nSPS) is 12.1. The molecule has 0 aliphatic carbocycles. The number of hydrogen-bond acceptors (Lipinski definition) is 4. The maximum Gasteiger partial charge on any atom is 0.252 e. The summed E-state index contributed by atoms with van der Waals surface area (Å²) < 4.78 is 0. The number of nitrogens with one attached hydrogen (secondary N) is 2. The largest absolute Gasteiger partial charge is 0.390 e. The lowest BCUT2D eigenvalue weighted by atomic mass is 10.1. The first-order chi connectivity index (χ1) is 13.2. The van der Waals surface area contributed by atoms with E-state index in [0.29, 0.717) is 18.7 Å². The summed E-state index contributed by atoms with van der Waals surface area (Å²) in [7, 11) is 0. The van der Waals surface area contributed by atoms with Gasteiger partial charge in [0.15, 0.2) is 0 Å². The van der Waals surface area contributed by atoms with E-state index in [1.54, 1.807) is 12.3 Å². The molecule has 1 aromatic heterocycles. The van der Waals surface area contributed by atoms with E-state index in [2.05, 4.69) is 40.7 Å². The van der Waals surface area contributed by atoms with E-state index < -0.39 is 6.10 Å². The Balaban J connectivity index is 1.48. The topological polar surface area (TPSA) is 74.2 Å². The van der Waals surface area contributed by atoms with Gasteiger partial charge in [-0.3, -0.25) is 9.78 Å². The molecule has 3 N–H and O–H groups in total. The van der Waals surface area contributed by atoms with Crippen LogP contribution >= 0.6 is 0 Å². The van der Waals surface area contributed by atoms with Crippen molar-refractivity contribution in [2.24, 2.45) is 0 Å². The third kappa shape index (κ3) is 5.12. The first kappa shape index (κ1) is 19.0. The molecule has 0 saturated heterocycles. The third-order valence-corrected chi connectivity index (χ3v) is 4.50. The summed E-state index contributed by atoms with van der Waals surface area (Å²) in [6.07, 6.45) is 1.97. The van der Waals surface area contributed by atoms with Crippen molar-refractivity contribution in [2.45, 2.75) is 26.0 Å². The van der Waals surface area contributed by atoms with Crippen molar-refractivity contribution in [3.63, 3.8) is 0 Å². The van der Waals surface area contributed by atoms with Crippen LogP contribution in [0.2, 0.25) is 0 Å². The zero-order valence-electron chi connectivity index (χ0n) is 15.5. The monoisotopic (exact) mass is 363 g/mol. The molecular weight excluding hydrogens is 338 g/mol. The van der Waals surface area contributed by atoms with E-state index in [1.165, 1.54) is 11.1 Å². The molecule has 27 heavy (non-hydrogen) atoms. The minimum atomic E-state index is -0.656. The zero-order chi connectivity index (χ0) is 19.1. The average Bonchev–Trinajstić information content (AvgIpc) is 2.71. The molecule has 1 amide bonds. The zero-order valence-corrected chi connectivity index (χ0v) is 15.5. The van der Waals surface area contributed by atoms with E-state index in [1.807, 2.05) is 30.3 Å². The van der Waals surface area contributed by atoms with Crippen molar-refractivity contribution in [1.29, 1.82) is 0 Å². The summed E-state index contributed by atoms with van der Waals surface area (Å²) in [5.74, 6) is -0.205. The summed E-state index contributed by atoms with van der Waals surface area (Å²) >= 11 is 0. The maximum absolute atomic E-state index is 12.5. The molecule has 1 unspecified atom stereocenters. The Morgan fingerprint density at radius 3 is 2.74 bits per heavy atom. The highest BCUT2D eigenvalue weighted by atomic mass is 16.3. The van der Waals surface area contributed by atoms with Crippen molar-refractivity contribution in [2.75, 3.05) is 13.1 Å². The Kier molecular flexibility index (Phi) is 6.52. The van der Waals surface area contributed by atoms with Gasteiger partial charge in [0.05, 0.1) is 17.2 Å². The molecule has 5 heteroatoms. The number of nitrogens with zero attached hydrogens (tertiary/aromatic N) is 1. The lowest BCUT2D eigenvalue weighted by Crippen LogP contribution is -2.38. The predicted octanol–water partition coefficient (Wildman–Crippen LogP) is 2.68. The van der Waals surface area contributed by atoms with E-state index >= 15 is 0 Å². The molecule has 140 valence electrons. The number of aliphatic hydroxyl groups is 1. The van der Waals surface area contributed by atoms with Gasteiger partial charge in [-0.05, 0) is 29.7 Å². The number of pyridine rings is 1. The fraction of sp³-hybridized carbons (Fsp3) is 0.273. The van der Waals surface area contributed by atoms with Gasteiger partial charge in [-0.15, -0.1) is 0 Å². The van der Waals surface area contributed by atoms with Gasteiger partial charge in [0, 0.05) is 31.2 Å². The van der Waals surface area contributed by atoms with Crippen LogP contribution < -0.4 is 10.6 Å².